The average Bonchev–Trinajstić information content (AvgIpc) is 3.04. The third-order valence-electron chi connectivity index (χ3n) is 7.51. The molecule has 1 heterocycles. The first-order chi connectivity index (χ1) is 20.2. The van der Waals surface area contributed by atoms with Crippen LogP contribution in [0.3, 0.4) is 0 Å². The second kappa shape index (κ2) is 14.4. The molecule has 41 heavy (non-hydrogen) atoms. The van der Waals surface area contributed by atoms with Gasteiger partial charge in [0.05, 0.1) is 18.7 Å². The predicted octanol–water partition coefficient (Wildman–Crippen LogP) is 7.63. The van der Waals surface area contributed by atoms with E-state index in [0.29, 0.717) is 6.54 Å². The van der Waals surface area contributed by atoms with E-state index in [-0.39, 0.29) is 37.0 Å². The van der Waals surface area contributed by atoms with Crippen molar-refractivity contribution in [1.29, 1.82) is 0 Å². The maximum Gasteiger partial charge on any atom is 0.410 e. The summed E-state index contributed by atoms with van der Waals surface area (Å²) in [5.74, 6) is 0. The molecule has 1 N–H and O–H groups in total. The Labute approximate surface area is 243 Å². The van der Waals surface area contributed by atoms with E-state index in [1.165, 1.54) is 5.56 Å². The first kappa shape index (κ1) is 28.3. The van der Waals surface area contributed by atoms with Crippen LogP contribution in [0.5, 0.6) is 0 Å². The summed E-state index contributed by atoms with van der Waals surface area (Å²) in [5, 5.41) is 3.69. The summed E-state index contributed by atoms with van der Waals surface area (Å²) < 4.78 is 12.8. The molecule has 5 nitrogen and oxygen atoms in total. The number of carbonyl (C=O) groups excluding carboxylic acids is 1. The van der Waals surface area contributed by atoms with Gasteiger partial charge in [0.2, 0.25) is 0 Å². The largest absolute Gasteiger partial charge is 0.445 e. The van der Waals surface area contributed by atoms with Crippen molar-refractivity contribution in [3.8, 4) is 0 Å². The fourth-order valence-electron chi connectivity index (χ4n) is 5.49. The summed E-state index contributed by atoms with van der Waals surface area (Å²) in [7, 11) is 0. The van der Waals surface area contributed by atoms with E-state index >= 15 is 0 Å². The highest BCUT2D eigenvalue weighted by Crippen LogP contribution is 2.42. The molecule has 4 atom stereocenters. The predicted molar refractivity (Wildman–Crippen MR) is 163 cm³/mol. The van der Waals surface area contributed by atoms with Crippen LogP contribution in [0, 0.1) is 0 Å². The van der Waals surface area contributed by atoms with Crippen molar-refractivity contribution in [2.45, 2.75) is 50.3 Å². The van der Waals surface area contributed by atoms with Crippen molar-refractivity contribution >= 4 is 6.09 Å². The number of nitrogens with one attached hydrogen (secondary N) is 1. The summed E-state index contributed by atoms with van der Waals surface area (Å²) in [6.07, 6.45) is 2.58. The highest BCUT2D eigenvalue weighted by atomic mass is 16.6. The van der Waals surface area contributed by atoms with E-state index in [1.807, 2.05) is 83.8 Å². The van der Waals surface area contributed by atoms with E-state index < -0.39 is 0 Å². The fraction of sp³-hybridized carbons (Fsp3) is 0.250. The molecule has 4 aromatic rings. The number of carbonyl (C=O) groups is 1. The number of rotatable bonds is 11. The molecule has 1 aliphatic rings. The summed E-state index contributed by atoms with van der Waals surface area (Å²) in [5.41, 5.74) is 4.23. The number of nitrogens with zero attached hydrogens (tertiary/aromatic N) is 1. The molecular weight excluding hydrogens is 508 g/mol. The third kappa shape index (κ3) is 7.72. The van der Waals surface area contributed by atoms with Crippen LogP contribution < -0.4 is 5.32 Å². The number of morpholine rings is 1. The molecule has 0 saturated carbocycles. The normalized spacial score (nSPS) is 19.3. The monoisotopic (exact) mass is 546 g/mol. The SMILES string of the molecule is C=CC[C@@H](C[C@@H]1CN(C(=O)OCc2ccccc2)[C@H](c2ccccc2)[C@H](c2ccccc2)O1)NCc1ccccc1. The lowest BCUT2D eigenvalue weighted by Crippen LogP contribution is -2.50. The van der Waals surface area contributed by atoms with Crippen LogP contribution in [-0.4, -0.2) is 29.7 Å². The Bertz CT molecular complexity index is 1350. The van der Waals surface area contributed by atoms with Gasteiger partial charge in [-0.25, -0.2) is 4.79 Å². The zero-order valence-corrected chi connectivity index (χ0v) is 23.3. The first-order valence-corrected chi connectivity index (χ1v) is 14.3. The van der Waals surface area contributed by atoms with Crippen LogP contribution in [0.25, 0.3) is 0 Å². The van der Waals surface area contributed by atoms with Gasteiger partial charge in [-0.3, -0.25) is 4.90 Å². The van der Waals surface area contributed by atoms with Crippen LogP contribution in [0.2, 0.25) is 0 Å². The van der Waals surface area contributed by atoms with Crippen molar-refractivity contribution in [3.05, 3.63) is 156 Å². The van der Waals surface area contributed by atoms with E-state index in [2.05, 4.69) is 60.4 Å². The van der Waals surface area contributed by atoms with Crippen molar-refractivity contribution in [2.24, 2.45) is 0 Å². The van der Waals surface area contributed by atoms with E-state index in [1.54, 1.807) is 0 Å². The van der Waals surface area contributed by atoms with Gasteiger partial charge in [-0.1, -0.05) is 127 Å². The highest BCUT2D eigenvalue weighted by molar-refractivity contribution is 5.69. The zero-order valence-electron chi connectivity index (χ0n) is 23.3. The first-order valence-electron chi connectivity index (χ1n) is 14.3. The van der Waals surface area contributed by atoms with Crippen LogP contribution in [0.1, 0.15) is 47.2 Å². The number of amides is 1. The molecule has 5 heteroatoms. The van der Waals surface area contributed by atoms with Crippen molar-refractivity contribution in [1.82, 2.24) is 10.2 Å². The minimum atomic E-state index is -0.347. The molecule has 1 aliphatic heterocycles. The molecule has 0 aromatic heterocycles. The third-order valence-corrected chi connectivity index (χ3v) is 7.51. The Hall–Kier alpha value is -4.19. The van der Waals surface area contributed by atoms with E-state index in [4.69, 9.17) is 9.47 Å². The van der Waals surface area contributed by atoms with Gasteiger partial charge >= 0.3 is 6.09 Å². The molecule has 4 aromatic carbocycles. The topological polar surface area (TPSA) is 50.8 Å². The van der Waals surface area contributed by atoms with Gasteiger partial charge in [0, 0.05) is 12.6 Å². The lowest BCUT2D eigenvalue weighted by molar-refractivity contribution is -0.122. The molecule has 0 spiro atoms. The Morgan fingerprint density at radius 2 is 1.41 bits per heavy atom. The molecule has 0 radical (unpaired) electrons. The van der Waals surface area contributed by atoms with E-state index in [9.17, 15) is 4.79 Å². The molecule has 0 aliphatic carbocycles. The smallest absolute Gasteiger partial charge is 0.410 e. The quantitative estimate of drug-likeness (QED) is 0.197. The van der Waals surface area contributed by atoms with Crippen LogP contribution in [0.4, 0.5) is 4.79 Å². The number of benzene rings is 4. The standard InChI is InChI=1S/C36H38N2O3/c1-2-15-32(37-25-28-16-7-3-8-17-28)24-33-26-38(36(39)40-27-29-18-9-4-10-19-29)34(30-20-11-5-12-21-30)35(41-33)31-22-13-6-14-23-31/h2-14,16-23,32-35,37H,1,15,24-27H2/t32-,33+,34+,35-/m0/s1. The Morgan fingerprint density at radius 3 is 2.02 bits per heavy atom. The summed E-state index contributed by atoms with van der Waals surface area (Å²) in [6.45, 7) is 5.39. The molecule has 0 unspecified atom stereocenters. The highest BCUT2D eigenvalue weighted by Gasteiger charge is 2.42. The minimum Gasteiger partial charge on any atom is -0.445 e. The average molecular weight is 547 g/mol. The van der Waals surface area contributed by atoms with Gasteiger partial charge < -0.3 is 14.8 Å². The van der Waals surface area contributed by atoms with Crippen LogP contribution in [0.15, 0.2) is 134 Å². The molecule has 5 rings (SSSR count). The van der Waals surface area contributed by atoms with Crippen molar-refractivity contribution < 1.29 is 14.3 Å². The van der Waals surface area contributed by atoms with Gasteiger partial charge in [-0.15, -0.1) is 6.58 Å². The Balaban J connectivity index is 1.41. The van der Waals surface area contributed by atoms with Crippen molar-refractivity contribution in [2.75, 3.05) is 6.54 Å². The van der Waals surface area contributed by atoms with Crippen LogP contribution in [-0.2, 0) is 22.6 Å². The van der Waals surface area contributed by atoms with Gasteiger partial charge in [0.1, 0.15) is 12.7 Å². The van der Waals surface area contributed by atoms with Crippen molar-refractivity contribution in [3.63, 3.8) is 0 Å². The maximum atomic E-state index is 13.8. The molecule has 1 fully saturated rings. The summed E-state index contributed by atoms with van der Waals surface area (Å²) in [6, 6.07) is 40.3. The Kier molecular flexibility index (Phi) is 9.99. The maximum absolute atomic E-state index is 13.8. The molecule has 210 valence electrons. The lowest BCUT2D eigenvalue weighted by Gasteiger charge is -2.45. The van der Waals surface area contributed by atoms with Gasteiger partial charge in [0.15, 0.2) is 0 Å². The Morgan fingerprint density at radius 1 is 0.854 bits per heavy atom. The number of hydrogen-bond acceptors (Lipinski definition) is 4. The number of hydrogen-bond donors (Lipinski definition) is 1. The van der Waals surface area contributed by atoms with Gasteiger partial charge in [0.25, 0.3) is 0 Å². The molecular formula is C36H38N2O3. The molecule has 1 saturated heterocycles. The summed E-state index contributed by atoms with van der Waals surface area (Å²) >= 11 is 0. The molecule has 1 amide bonds. The lowest BCUT2D eigenvalue weighted by atomic mass is 9.91. The molecule has 0 bridgehead atoms. The van der Waals surface area contributed by atoms with Gasteiger partial charge in [-0.2, -0.15) is 0 Å². The second-order valence-corrected chi connectivity index (χ2v) is 10.5. The van der Waals surface area contributed by atoms with Crippen LogP contribution >= 0.6 is 0 Å². The van der Waals surface area contributed by atoms with Gasteiger partial charge in [-0.05, 0) is 35.1 Å². The van der Waals surface area contributed by atoms with E-state index in [0.717, 1.165) is 36.1 Å². The summed E-state index contributed by atoms with van der Waals surface area (Å²) in [4.78, 5) is 15.7. The minimum absolute atomic E-state index is 0.143. The second-order valence-electron chi connectivity index (χ2n) is 10.5. The number of ether oxygens (including phenoxy) is 2. The fourth-order valence-corrected chi connectivity index (χ4v) is 5.49. The zero-order chi connectivity index (χ0) is 28.3.